The van der Waals surface area contributed by atoms with Crippen molar-refractivity contribution in [2.75, 3.05) is 0 Å². The van der Waals surface area contributed by atoms with E-state index >= 15 is 0 Å². The van der Waals surface area contributed by atoms with Gasteiger partial charge in [0.15, 0.2) is 0 Å². The fraction of sp³-hybridized carbons (Fsp3) is 0.0667. The van der Waals surface area contributed by atoms with Gasteiger partial charge in [-0.25, -0.2) is 5.43 Å². The number of rotatable bonds is 5. The highest BCUT2D eigenvalue weighted by atomic mass is 16.6. The van der Waals surface area contributed by atoms with Crippen molar-refractivity contribution in [2.24, 2.45) is 5.10 Å². The molecule has 23 heavy (non-hydrogen) atoms. The Kier molecular flexibility index (Phi) is 4.88. The van der Waals surface area contributed by atoms with Crippen LogP contribution in [-0.4, -0.2) is 22.2 Å². The molecule has 0 fully saturated rings. The number of carbonyl (C=O) groups is 1. The molecule has 0 saturated heterocycles. The zero-order valence-corrected chi connectivity index (χ0v) is 12.1. The van der Waals surface area contributed by atoms with Crippen molar-refractivity contribution in [1.82, 2.24) is 5.43 Å². The first kappa shape index (κ1) is 16.0. The molecule has 1 heterocycles. The second-order valence-corrected chi connectivity index (χ2v) is 4.48. The maximum absolute atomic E-state index is 11.8. The summed E-state index contributed by atoms with van der Waals surface area (Å²) < 4.78 is 4.90. The van der Waals surface area contributed by atoms with Gasteiger partial charge in [0.2, 0.25) is 0 Å². The quantitative estimate of drug-likeness (QED) is 0.499. The van der Waals surface area contributed by atoms with E-state index in [1.54, 1.807) is 19.1 Å². The number of benzene rings is 1. The molecule has 8 heteroatoms. The molecule has 0 spiro atoms. The summed E-state index contributed by atoms with van der Waals surface area (Å²) in [5.41, 5.74) is 2.96. The Morgan fingerprint density at radius 1 is 1.39 bits per heavy atom. The summed E-state index contributed by atoms with van der Waals surface area (Å²) in [6, 6.07) is 7.48. The number of para-hydroxylation sites is 1. The summed E-state index contributed by atoms with van der Waals surface area (Å²) in [5, 5.41) is 23.9. The number of allylic oxidation sites excluding steroid dienone is 1. The average molecular weight is 315 g/mol. The molecule has 1 aromatic carbocycles. The van der Waals surface area contributed by atoms with Crippen LogP contribution in [0.1, 0.15) is 21.7 Å². The van der Waals surface area contributed by atoms with E-state index in [-0.39, 0.29) is 23.0 Å². The number of hydrazone groups is 1. The highest BCUT2D eigenvalue weighted by molar-refractivity contribution is 5.97. The van der Waals surface area contributed by atoms with Crippen LogP contribution in [0.5, 0.6) is 5.75 Å². The van der Waals surface area contributed by atoms with E-state index in [0.29, 0.717) is 5.56 Å². The molecule has 0 saturated carbocycles. The molecule has 0 aliphatic carbocycles. The Balaban J connectivity index is 1.93. The third-order valence-corrected chi connectivity index (χ3v) is 2.86. The van der Waals surface area contributed by atoms with Gasteiger partial charge >= 0.3 is 5.88 Å². The van der Waals surface area contributed by atoms with Crippen molar-refractivity contribution in [1.29, 1.82) is 0 Å². The van der Waals surface area contributed by atoms with E-state index in [4.69, 9.17) is 4.42 Å². The predicted octanol–water partition coefficient (Wildman–Crippen LogP) is 2.63. The molecule has 118 valence electrons. The van der Waals surface area contributed by atoms with Crippen LogP contribution in [0.4, 0.5) is 5.88 Å². The van der Waals surface area contributed by atoms with Gasteiger partial charge in [-0.1, -0.05) is 12.1 Å². The molecule has 1 aromatic heterocycles. The topological polar surface area (TPSA) is 118 Å². The number of nitrogens with one attached hydrogen (secondary N) is 1. The molecule has 0 aliphatic rings. The summed E-state index contributed by atoms with van der Waals surface area (Å²) in [6.45, 7) is 1.68. The number of phenols is 1. The van der Waals surface area contributed by atoms with Gasteiger partial charge in [0.1, 0.15) is 16.4 Å². The van der Waals surface area contributed by atoms with E-state index in [9.17, 15) is 20.0 Å². The van der Waals surface area contributed by atoms with Crippen molar-refractivity contribution in [3.05, 3.63) is 63.4 Å². The molecule has 8 nitrogen and oxygen atoms in total. The van der Waals surface area contributed by atoms with Crippen molar-refractivity contribution >= 4 is 24.1 Å². The number of amides is 1. The Morgan fingerprint density at radius 3 is 2.87 bits per heavy atom. The molecule has 0 aliphatic heterocycles. The lowest BCUT2D eigenvalue weighted by Crippen LogP contribution is -2.17. The van der Waals surface area contributed by atoms with Crippen LogP contribution in [0.3, 0.4) is 0 Å². The number of furan rings is 1. The summed E-state index contributed by atoms with van der Waals surface area (Å²) >= 11 is 0. The lowest BCUT2D eigenvalue weighted by molar-refractivity contribution is -0.402. The molecule has 0 unspecified atom stereocenters. The molecular weight excluding hydrogens is 302 g/mol. The highest BCUT2D eigenvalue weighted by Crippen LogP contribution is 2.21. The maximum atomic E-state index is 11.8. The standard InChI is InChI=1S/C15H13N3O5/c1-10-4-2-6-12(14(10)19)15(20)17-16-9-3-5-11-7-8-13(23-11)18(21)22/h2-9,19H,1H3,(H,17,20)/b5-3+,16-9+. The van der Waals surface area contributed by atoms with Crippen LogP contribution in [0.25, 0.3) is 6.08 Å². The van der Waals surface area contributed by atoms with Gasteiger partial charge in [0, 0.05) is 6.21 Å². The number of hydrogen-bond donors (Lipinski definition) is 2. The number of aromatic hydroxyl groups is 1. The normalized spacial score (nSPS) is 11.2. The Bertz CT molecular complexity index is 792. The van der Waals surface area contributed by atoms with Crippen LogP contribution in [0, 0.1) is 17.0 Å². The zero-order chi connectivity index (χ0) is 16.8. The van der Waals surface area contributed by atoms with Gasteiger partial charge in [0.25, 0.3) is 5.91 Å². The van der Waals surface area contributed by atoms with Crippen molar-refractivity contribution in [3.8, 4) is 5.75 Å². The minimum atomic E-state index is -0.639. The number of nitrogens with zero attached hydrogens (tertiary/aromatic N) is 2. The third-order valence-electron chi connectivity index (χ3n) is 2.86. The summed E-state index contributed by atoms with van der Waals surface area (Å²) in [6.07, 6.45) is 4.17. The number of phenolic OH excluding ortho intramolecular Hbond substituents is 1. The third kappa shape index (κ3) is 4.03. The maximum Gasteiger partial charge on any atom is 0.433 e. The van der Waals surface area contributed by atoms with Crippen molar-refractivity contribution < 1.29 is 19.2 Å². The first-order chi connectivity index (χ1) is 11.0. The molecule has 0 bridgehead atoms. The molecule has 2 aromatic rings. The monoisotopic (exact) mass is 315 g/mol. The number of nitro groups is 1. The van der Waals surface area contributed by atoms with Crippen LogP contribution in [0.2, 0.25) is 0 Å². The number of carbonyl (C=O) groups excluding carboxylic acids is 1. The van der Waals surface area contributed by atoms with Gasteiger partial charge in [-0.2, -0.15) is 5.10 Å². The van der Waals surface area contributed by atoms with Crippen molar-refractivity contribution in [3.63, 3.8) is 0 Å². The highest BCUT2D eigenvalue weighted by Gasteiger charge is 2.11. The Morgan fingerprint density at radius 2 is 2.17 bits per heavy atom. The molecule has 2 N–H and O–H groups in total. The molecule has 0 atom stereocenters. The van der Waals surface area contributed by atoms with Crippen LogP contribution < -0.4 is 5.43 Å². The fourth-order valence-electron chi connectivity index (χ4n) is 1.71. The average Bonchev–Trinajstić information content (AvgIpc) is 2.98. The minimum Gasteiger partial charge on any atom is -0.507 e. The first-order valence-corrected chi connectivity index (χ1v) is 6.52. The lowest BCUT2D eigenvalue weighted by atomic mass is 10.1. The number of hydrogen-bond acceptors (Lipinski definition) is 6. The van der Waals surface area contributed by atoms with Gasteiger partial charge in [0.05, 0.1) is 11.6 Å². The van der Waals surface area contributed by atoms with Gasteiger partial charge < -0.3 is 9.52 Å². The van der Waals surface area contributed by atoms with Crippen LogP contribution in [-0.2, 0) is 0 Å². The predicted molar refractivity (Wildman–Crippen MR) is 83.2 cm³/mol. The van der Waals surface area contributed by atoms with Crippen LogP contribution in [0.15, 0.2) is 45.9 Å². The van der Waals surface area contributed by atoms with E-state index in [0.717, 1.165) is 0 Å². The van der Waals surface area contributed by atoms with Gasteiger partial charge in [-0.15, -0.1) is 0 Å². The second kappa shape index (κ2) is 7.03. The Hall–Kier alpha value is -3.42. The first-order valence-electron chi connectivity index (χ1n) is 6.52. The molecule has 1 amide bonds. The summed E-state index contributed by atoms with van der Waals surface area (Å²) in [5.74, 6) is -0.723. The SMILES string of the molecule is Cc1cccc(C(=O)N/N=C/C=C/c2ccc([N+](=O)[O-])o2)c1O. The summed E-state index contributed by atoms with van der Waals surface area (Å²) in [4.78, 5) is 21.6. The van der Waals surface area contributed by atoms with E-state index in [2.05, 4.69) is 10.5 Å². The Labute approximate surface area is 130 Å². The number of aryl methyl sites for hydroxylation is 1. The molecular formula is C15H13N3O5. The molecule has 0 radical (unpaired) electrons. The van der Waals surface area contributed by atoms with Gasteiger partial charge in [-0.3, -0.25) is 14.9 Å². The smallest absolute Gasteiger partial charge is 0.433 e. The second-order valence-electron chi connectivity index (χ2n) is 4.48. The van der Waals surface area contributed by atoms with E-state index < -0.39 is 10.8 Å². The van der Waals surface area contributed by atoms with E-state index in [1.807, 2.05) is 0 Å². The van der Waals surface area contributed by atoms with Crippen molar-refractivity contribution in [2.45, 2.75) is 6.92 Å². The van der Waals surface area contributed by atoms with Crippen LogP contribution >= 0.6 is 0 Å². The van der Waals surface area contributed by atoms with E-state index in [1.165, 1.54) is 36.6 Å². The fourth-order valence-corrected chi connectivity index (χ4v) is 1.71. The largest absolute Gasteiger partial charge is 0.507 e. The minimum absolute atomic E-state index is 0.0985. The van der Waals surface area contributed by atoms with Gasteiger partial charge in [-0.05, 0) is 36.8 Å². The zero-order valence-electron chi connectivity index (χ0n) is 12.1. The molecule has 2 rings (SSSR count). The lowest BCUT2D eigenvalue weighted by Gasteiger charge is -2.04. The summed E-state index contributed by atoms with van der Waals surface area (Å²) in [7, 11) is 0.